The van der Waals surface area contributed by atoms with E-state index in [4.69, 9.17) is 0 Å². The van der Waals surface area contributed by atoms with Crippen LogP contribution in [0.1, 0.15) is 18.9 Å². The topological polar surface area (TPSA) is 83.9 Å². The molecule has 3 aromatic rings. The smallest absolute Gasteiger partial charge is 0.370 e. The van der Waals surface area contributed by atoms with Crippen LogP contribution >= 0.6 is 0 Å². The highest BCUT2D eigenvalue weighted by atomic mass is 19.1. The van der Waals surface area contributed by atoms with Crippen molar-refractivity contribution < 1.29 is 9.60 Å². The van der Waals surface area contributed by atoms with Gasteiger partial charge in [-0.15, -0.1) is 0 Å². The van der Waals surface area contributed by atoms with Crippen molar-refractivity contribution in [3.63, 3.8) is 0 Å². The first kappa shape index (κ1) is 15.4. The fourth-order valence-corrected chi connectivity index (χ4v) is 3.83. The number of aromatic nitrogens is 3. The summed E-state index contributed by atoms with van der Waals surface area (Å²) in [4.78, 5) is 26.3. The van der Waals surface area contributed by atoms with Crippen molar-refractivity contribution in [2.24, 2.45) is 0 Å². The molecule has 1 aromatic carbocycles. The van der Waals surface area contributed by atoms with Crippen LogP contribution in [0.5, 0.6) is 0 Å². The summed E-state index contributed by atoms with van der Waals surface area (Å²) in [6.07, 6.45) is 1.88. The third kappa shape index (κ3) is 2.10. The van der Waals surface area contributed by atoms with Gasteiger partial charge in [-0.1, -0.05) is 4.73 Å². The largest absolute Gasteiger partial charge is 0.421 e. The summed E-state index contributed by atoms with van der Waals surface area (Å²) >= 11 is 0. The maximum absolute atomic E-state index is 14.9. The van der Waals surface area contributed by atoms with E-state index in [0.29, 0.717) is 35.5 Å². The zero-order valence-corrected chi connectivity index (χ0v) is 14.0. The Bertz CT molecular complexity index is 1150. The zero-order valence-electron chi connectivity index (χ0n) is 14.0. The number of nitrogens with zero attached hydrogens (tertiary/aromatic N) is 4. The van der Waals surface area contributed by atoms with Crippen LogP contribution in [0.25, 0.3) is 16.7 Å². The molecule has 0 spiro atoms. The first-order chi connectivity index (χ1) is 12.6. The maximum atomic E-state index is 14.9. The fourth-order valence-electron chi connectivity index (χ4n) is 3.83. The van der Waals surface area contributed by atoms with Crippen LogP contribution in [0, 0.1) is 5.82 Å². The Morgan fingerprint density at radius 2 is 1.81 bits per heavy atom. The highest BCUT2D eigenvalue weighted by molar-refractivity contribution is 5.85. The van der Waals surface area contributed by atoms with Gasteiger partial charge in [-0.05, 0) is 18.9 Å². The molecular formula is C17H18FN5O3. The van der Waals surface area contributed by atoms with Crippen LogP contribution in [0.4, 0.5) is 10.1 Å². The highest BCUT2D eigenvalue weighted by Gasteiger charge is 2.30. The molecule has 0 unspecified atom stereocenters. The second kappa shape index (κ2) is 5.34. The fraction of sp³-hybridized carbons (Fsp3) is 0.412. The standard InChI is InChI=1S/C17H18FN5O3/c18-11-7-13-14(8-12(11)20-5-3-19-4-6-20)21(10-1-2-10)15-9-16(24)23(26)17(25)22(13)15/h7-10,19,26H,1-6H2. The van der Waals surface area contributed by atoms with Gasteiger partial charge in [0, 0.05) is 44.4 Å². The number of piperazine rings is 1. The van der Waals surface area contributed by atoms with Gasteiger partial charge < -0.3 is 20.0 Å². The molecule has 26 heavy (non-hydrogen) atoms. The molecule has 3 heterocycles. The minimum atomic E-state index is -0.883. The molecule has 0 bridgehead atoms. The van der Waals surface area contributed by atoms with Gasteiger partial charge in [0.15, 0.2) is 0 Å². The van der Waals surface area contributed by atoms with Gasteiger partial charge in [-0.2, -0.15) is 0 Å². The number of rotatable bonds is 2. The van der Waals surface area contributed by atoms with Crippen molar-refractivity contribution in [1.29, 1.82) is 0 Å². The maximum Gasteiger partial charge on any atom is 0.370 e. The lowest BCUT2D eigenvalue weighted by Crippen LogP contribution is -2.43. The second-order valence-electron chi connectivity index (χ2n) is 6.90. The third-order valence-electron chi connectivity index (χ3n) is 5.22. The van der Waals surface area contributed by atoms with E-state index in [1.165, 1.54) is 16.5 Å². The number of halogens is 1. The molecule has 1 aliphatic heterocycles. The van der Waals surface area contributed by atoms with Crippen molar-refractivity contribution in [2.45, 2.75) is 18.9 Å². The average Bonchev–Trinajstić information content (AvgIpc) is 3.42. The highest BCUT2D eigenvalue weighted by Crippen LogP contribution is 2.40. The quantitative estimate of drug-likeness (QED) is 0.653. The Balaban J connectivity index is 1.87. The number of anilines is 1. The Morgan fingerprint density at radius 3 is 2.50 bits per heavy atom. The van der Waals surface area contributed by atoms with Gasteiger partial charge in [-0.3, -0.25) is 4.79 Å². The van der Waals surface area contributed by atoms with Crippen molar-refractivity contribution >= 4 is 22.4 Å². The summed E-state index contributed by atoms with van der Waals surface area (Å²) in [6.45, 7) is 2.97. The van der Waals surface area contributed by atoms with Gasteiger partial charge in [0.05, 0.1) is 16.7 Å². The van der Waals surface area contributed by atoms with Crippen LogP contribution < -0.4 is 21.5 Å². The molecule has 136 valence electrons. The number of hydrogen-bond donors (Lipinski definition) is 2. The SMILES string of the molecule is O=c1cc2n(C3CC3)c3cc(N4CCNCC4)c(F)cc3n2c(=O)n1O. The van der Waals surface area contributed by atoms with E-state index in [9.17, 15) is 19.2 Å². The molecule has 1 saturated carbocycles. The van der Waals surface area contributed by atoms with Crippen LogP contribution in [0.3, 0.4) is 0 Å². The number of benzene rings is 1. The lowest BCUT2D eigenvalue weighted by molar-refractivity contribution is 0.159. The van der Waals surface area contributed by atoms with E-state index in [2.05, 4.69) is 5.32 Å². The van der Waals surface area contributed by atoms with E-state index >= 15 is 0 Å². The van der Waals surface area contributed by atoms with E-state index < -0.39 is 17.1 Å². The Labute approximate surface area is 146 Å². The van der Waals surface area contributed by atoms with E-state index in [-0.39, 0.29) is 10.8 Å². The summed E-state index contributed by atoms with van der Waals surface area (Å²) in [5.74, 6) is -0.420. The van der Waals surface area contributed by atoms with E-state index in [1.54, 1.807) is 6.07 Å². The molecule has 2 aliphatic rings. The third-order valence-corrected chi connectivity index (χ3v) is 5.22. The average molecular weight is 359 g/mol. The molecular weight excluding hydrogens is 341 g/mol. The zero-order chi connectivity index (χ0) is 18.0. The van der Waals surface area contributed by atoms with Gasteiger partial charge in [0.1, 0.15) is 11.5 Å². The minimum absolute atomic E-state index is 0.0613. The summed E-state index contributed by atoms with van der Waals surface area (Å²) in [5.41, 5.74) is 0.269. The van der Waals surface area contributed by atoms with E-state index in [1.807, 2.05) is 9.47 Å². The van der Waals surface area contributed by atoms with Crippen LogP contribution in [-0.2, 0) is 0 Å². The second-order valence-corrected chi connectivity index (χ2v) is 6.90. The van der Waals surface area contributed by atoms with Crippen LogP contribution in [-0.4, -0.2) is 45.1 Å². The first-order valence-corrected chi connectivity index (χ1v) is 8.73. The molecule has 0 radical (unpaired) electrons. The molecule has 1 aliphatic carbocycles. The monoisotopic (exact) mass is 359 g/mol. The summed E-state index contributed by atoms with van der Waals surface area (Å²) in [6, 6.07) is 4.48. The molecule has 2 fully saturated rings. The van der Waals surface area contributed by atoms with Crippen molar-refractivity contribution in [3.8, 4) is 0 Å². The number of fused-ring (bicyclic) bond motifs is 3. The van der Waals surface area contributed by atoms with E-state index in [0.717, 1.165) is 25.9 Å². The molecule has 1 saturated heterocycles. The summed E-state index contributed by atoms with van der Waals surface area (Å²) in [7, 11) is 0. The van der Waals surface area contributed by atoms with Gasteiger partial charge in [0.2, 0.25) is 0 Å². The lowest BCUT2D eigenvalue weighted by Gasteiger charge is -2.29. The van der Waals surface area contributed by atoms with Gasteiger partial charge >= 0.3 is 5.69 Å². The first-order valence-electron chi connectivity index (χ1n) is 8.73. The minimum Gasteiger partial charge on any atom is -0.421 e. The van der Waals surface area contributed by atoms with Crippen molar-refractivity contribution in [1.82, 2.24) is 19.0 Å². The Hall–Kier alpha value is -2.81. The van der Waals surface area contributed by atoms with Gasteiger partial charge in [-0.25, -0.2) is 13.6 Å². The van der Waals surface area contributed by atoms with Gasteiger partial charge in [0.25, 0.3) is 5.56 Å². The predicted octanol–water partition coefficient (Wildman–Crippen LogP) is 0.537. The normalized spacial score (nSPS) is 18.1. The summed E-state index contributed by atoms with van der Waals surface area (Å²) in [5, 5.41) is 12.9. The molecule has 0 amide bonds. The molecule has 8 nitrogen and oxygen atoms in total. The molecule has 0 atom stereocenters. The number of hydrogen-bond acceptors (Lipinski definition) is 5. The van der Waals surface area contributed by atoms with Crippen LogP contribution in [0.15, 0.2) is 27.8 Å². The number of imidazole rings is 1. The summed E-state index contributed by atoms with van der Waals surface area (Å²) < 4.78 is 18.0. The van der Waals surface area contributed by atoms with Crippen molar-refractivity contribution in [3.05, 3.63) is 44.9 Å². The van der Waals surface area contributed by atoms with Crippen LogP contribution in [0.2, 0.25) is 0 Å². The molecule has 2 N–H and O–H groups in total. The lowest BCUT2D eigenvalue weighted by atomic mass is 10.2. The Morgan fingerprint density at radius 1 is 1.08 bits per heavy atom. The molecule has 2 aromatic heterocycles. The molecule has 9 heteroatoms. The predicted molar refractivity (Wildman–Crippen MR) is 93.9 cm³/mol. The number of nitrogens with one attached hydrogen (secondary N) is 1. The molecule has 5 rings (SSSR count). The Kier molecular flexibility index (Phi) is 3.17. The van der Waals surface area contributed by atoms with Crippen molar-refractivity contribution in [2.75, 3.05) is 31.1 Å².